The molecule has 126 valence electrons. The number of benzene rings is 1. The van der Waals surface area contributed by atoms with Gasteiger partial charge in [0.25, 0.3) is 0 Å². The number of piperazine rings is 1. The highest BCUT2D eigenvalue weighted by Crippen LogP contribution is 2.15. The van der Waals surface area contributed by atoms with E-state index in [0.29, 0.717) is 5.58 Å². The summed E-state index contributed by atoms with van der Waals surface area (Å²) in [6.45, 7) is 3.90. The number of quaternary nitrogens is 1. The Morgan fingerprint density at radius 1 is 1.33 bits per heavy atom. The smallest absolute Gasteiger partial charge is 0.347 e. The average molecular weight is 363 g/mol. The Bertz CT molecular complexity index is 826. The standard InChI is InChI=1S/C17H18N2O3S2/c1-18-6-8-19(9-7-18)17(23)24-11-14(20)13-10-12-4-2-3-5-15(12)22-16(13)21/h2-5,10H,6-9,11H2,1H3/p+1. The number of nitrogens with zero attached hydrogens (tertiary/aromatic N) is 1. The number of fused-ring (bicyclic) bond motifs is 1. The number of carbonyl (C=O) groups excluding carboxylic acids is 1. The van der Waals surface area contributed by atoms with Crippen LogP contribution in [0, 0.1) is 0 Å². The molecule has 2 aromatic rings. The van der Waals surface area contributed by atoms with E-state index in [-0.39, 0.29) is 17.1 Å². The molecule has 0 aliphatic carbocycles. The highest BCUT2D eigenvalue weighted by atomic mass is 32.2. The van der Waals surface area contributed by atoms with E-state index in [1.54, 1.807) is 18.2 Å². The summed E-state index contributed by atoms with van der Waals surface area (Å²) in [5.74, 6) is -0.0946. The normalized spacial score (nSPS) is 15.6. The number of hydrogen-bond acceptors (Lipinski definition) is 5. The van der Waals surface area contributed by atoms with Crippen molar-refractivity contribution in [3.8, 4) is 0 Å². The molecular weight excluding hydrogens is 344 g/mol. The molecule has 5 nitrogen and oxygen atoms in total. The molecule has 1 fully saturated rings. The second kappa shape index (κ2) is 7.46. The van der Waals surface area contributed by atoms with E-state index in [2.05, 4.69) is 11.9 Å². The minimum atomic E-state index is -0.589. The Kier molecular flexibility index (Phi) is 5.33. The molecule has 1 aromatic heterocycles. The van der Waals surface area contributed by atoms with Gasteiger partial charge in [-0.25, -0.2) is 4.79 Å². The molecular formula is C17H19N2O3S2+. The molecule has 1 N–H and O–H groups in total. The first kappa shape index (κ1) is 17.1. The first-order chi connectivity index (χ1) is 11.5. The van der Waals surface area contributed by atoms with Crippen LogP contribution in [-0.2, 0) is 0 Å². The van der Waals surface area contributed by atoms with Crippen molar-refractivity contribution in [3.63, 3.8) is 0 Å². The van der Waals surface area contributed by atoms with Gasteiger partial charge in [-0.05, 0) is 12.1 Å². The number of likely N-dealkylation sites (N-methyl/N-ethyl adjacent to an activating group) is 1. The number of rotatable bonds is 3. The third kappa shape index (κ3) is 3.85. The zero-order chi connectivity index (χ0) is 17.1. The highest BCUT2D eigenvalue weighted by molar-refractivity contribution is 8.23. The second-order valence-electron chi connectivity index (χ2n) is 5.91. The molecule has 24 heavy (non-hydrogen) atoms. The van der Waals surface area contributed by atoms with Gasteiger partial charge in [-0.1, -0.05) is 42.2 Å². The first-order valence-corrected chi connectivity index (χ1v) is 9.23. The molecule has 7 heteroatoms. The average Bonchev–Trinajstić information content (AvgIpc) is 2.59. The van der Waals surface area contributed by atoms with Crippen LogP contribution < -0.4 is 10.5 Å². The van der Waals surface area contributed by atoms with Gasteiger partial charge >= 0.3 is 5.63 Å². The van der Waals surface area contributed by atoms with Gasteiger partial charge in [-0.2, -0.15) is 0 Å². The van der Waals surface area contributed by atoms with Crippen LogP contribution in [0.1, 0.15) is 10.4 Å². The van der Waals surface area contributed by atoms with Crippen molar-refractivity contribution in [1.29, 1.82) is 0 Å². The number of para-hydroxylation sites is 1. The van der Waals surface area contributed by atoms with Gasteiger partial charge in [0.1, 0.15) is 15.5 Å². The van der Waals surface area contributed by atoms with E-state index < -0.39 is 5.63 Å². The lowest BCUT2D eigenvalue weighted by molar-refractivity contribution is -0.883. The number of hydrogen-bond donors (Lipinski definition) is 1. The van der Waals surface area contributed by atoms with Crippen molar-refractivity contribution >= 4 is 45.1 Å². The van der Waals surface area contributed by atoms with Gasteiger partial charge in [-0.15, -0.1) is 0 Å². The first-order valence-electron chi connectivity index (χ1n) is 7.83. The molecule has 1 aliphatic heterocycles. The predicted molar refractivity (Wildman–Crippen MR) is 100 cm³/mol. The minimum absolute atomic E-state index is 0.0896. The van der Waals surface area contributed by atoms with Crippen LogP contribution in [0.3, 0.4) is 0 Å². The zero-order valence-electron chi connectivity index (χ0n) is 13.4. The molecule has 0 spiro atoms. The monoisotopic (exact) mass is 363 g/mol. The lowest BCUT2D eigenvalue weighted by Gasteiger charge is -2.31. The maximum Gasteiger partial charge on any atom is 0.347 e. The van der Waals surface area contributed by atoms with E-state index in [1.807, 2.05) is 12.1 Å². The summed E-state index contributed by atoms with van der Waals surface area (Å²) < 4.78 is 5.94. The van der Waals surface area contributed by atoms with Gasteiger partial charge in [0, 0.05) is 5.39 Å². The number of thioether (sulfide) groups is 1. The van der Waals surface area contributed by atoms with E-state index >= 15 is 0 Å². The molecule has 2 heterocycles. The molecule has 0 bridgehead atoms. The van der Waals surface area contributed by atoms with Crippen LogP contribution in [0.4, 0.5) is 0 Å². The second-order valence-corrected chi connectivity index (χ2v) is 7.52. The van der Waals surface area contributed by atoms with Gasteiger partial charge in [0.15, 0.2) is 5.78 Å². The highest BCUT2D eigenvalue weighted by Gasteiger charge is 2.21. The summed E-state index contributed by atoms with van der Waals surface area (Å²) in [6, 6.07) is 8.77. The Balaban J connectivity index is 1.66. The summed E-state index contributed by atoms with van der Waals surface area (Å²) in [6.07, 6.45) is 0. The van der Waals surface area contributed by atoms with Crippen LogP contribution >= 0.6 is 24.0 Å². The Hall–Kier alpha value is -1.70. The van der Waals surface area contributed by atoms with Crippen LogP contribution in [0.2, 0.25) is 0 Å². The van der Waals surface area contributed by atoms with E-state index in [0.717, 1.165) is 35.9 Å². The molecule has 0 saturated carbocycles. The van der Waals surface area contributed by atoms with E-state index in [1.165, 1.54) is 16.7 Å². The van der Waals surface area contributed by atoms with Gasteiger partial charge in [0.05, 0.1) is 39.0 Å². The summed E-state index contributed by atoms with van der Waals surface area (Å²) in [5, 5.41) is 0.745. The van der Waals surface area contributed by atoms with Crippen LogP contribution in [-0.4, -0.2) is 54.0 Å². The van der Waals surface area contributed by atoms with Crippen molar-refractivity contribution < 1.29 is 14.1 Å². The van der Waals surface area contributed by atoms with Gasteiger partial charge < -0.3 is 14.2 Å². The molecule has 1 saturated heterocycles. The van der Waals surface area contributed by atoms with E-state index in [4.69, 9.17) is 16.6 Å². The maximum absolute atomic E-state index is 12.4. The van der Waals surface area contributed by atoms with Crippen molar-refractivity contribution in [2.45, 2.75) is 0 Å². The fourth-order valence-corrected chi connectivity index (χ4v) is 3.76. The SMILES string of the molecule is C[NH+]1CCN(C(=S)SCC(=O)c2cc3ccccc3oc2=O)CC1. The molecule has 0 atom stereocenters. The number of nitrogens with one attached hydrogen (secondary N) is 1. The fraction of sp³-hybridized carbons (Fsp3) is 0.353. The van der Waals surface area contributed by atoms with Crippen molar-refractivity contribution in [1.82, 2.24) is 4.90 Å². The Morgan fingerprint density at radius 3 is 2.79 bits per heavy atom. The molecule has 0 radical (unpaired) electrons. The maximum atomic E-state index is 12.4. The predicted octanol–water partition coefficient (Wildman–Crippen LogP) is 0.824. The Morgan fingerprint density at radius 2 is 2.04 bits per heavy atom. The summed E-state index contributed by atoms with van der Waals surface area (Å²) >= 11 is 6.74. The summed E-state index contributed by atoms with van der Waals surface area (Å²) in [4.78, 5) is 28.0. The van der Waals surface area contributed by atoms with Gasteiger partial charge in [-0.3, -0.25) is 4.79 Å². The minimum Gasteiger partial charge on any atom is -0.422 e. The number of ketones is 1. The topological polar surface area (TPSA) is 55.0 Å². The molecule has 0 unspecified atom stereocenters. The number of thiocarbonyl (C=S) groups is 1. The Labute approximate surface area is 149 Å². The van der Waals surface area contributed by atoms with Crippen molar-refractivity contribution in [3.05, 3.63) is 46.3 Å². The van der Waals surface area contributed by atoms with Crippen molar-refractivity contribution in [2.24, 2.45) is 0 Å². The summed E-state index contributed by atoms with van der Waals surface area (Å²) in [5.41, 5.74) is -0.0117. The quantitative estimate of drug-likeness (QED) is 0.495. The van der Waals surface area contributed by atoms with Crippen LogP contribution in [0.25, 0.3) is 11.0 Å². The van der Waals surface area contributed by atoms with Gasteiger partial charge in [0.2, 0.25) is 0 Å². The third-order valence-corrected chi connectivity index (χ3v) is 5.67. The number of carbonyl (C=O) groups is 1. The van der Waals surface area contributed by atoms with Crippen molar-refractivity contribution in [2.75, 3.05) is 39.0 Å². The lowest BCUT2D eigenvalue weighted by atomic mass is 10.1. The third-order valence-electron chi connectivity index (χ3n) is 4.14. The zero-order valence-corrected chi connectivity index (χ0v) is 15.0. The molecule has 1 aliphatic rings. The van der Waals surface area contributed by atoms with Crippen LogP contribution in [0.15, 0.2) is 39.5 Å². The van der Waals surface area contributed by atoms with E-state index in [9.17, 15) is 9.59 Å². The molecule has 0 amide bonds. The summed E-state index contributed by atoms with van der Waals surface area (Å²) in [7, 11) is 2.16. The number of Topliss-reactive ketones (excluding diaryl/α,β-unsaturated/α-hetero) is 1. The largest absolute Gasteiger partial charge is 0.422 e. The van der Waals surface area contributed by atoms with Crippen LogP contribution in [0.5, 0.6) is 0 Å². The molecule has 3 rings (SSSR count). The molecule has 1 aromatic carbocycles. The fourth-order valence-electron chi connectivity index (χ4n) is 2.62. The lowest BCUT2D eigenvalue weighted by Crippen LogP contribution is -3.12.